The molecule has 3 nitrogen and oxygen atoms in total. The quantitative estimate of drug-likeness (QED) is 0.704. The van der Waals surface area contributed by atoms with E-state index in [9.17, 15) is 0 Å². The van der Waals surface area contributed by atoms with E-state index in [0.717, 1.165) is 11.3 Å². The highest BCUT2D eigenvalue weighted by Gasteiger charge is 2.03. The Morgan fingerprint density at radius 2 is 1.67 bits per heavy atom. The summed E-state index contributed by atoms with van der Waals surface area (Å²) in [5, 5.41) is 2.42. The molecule has 1 heterocycles. The zero-order valence-corrected chi connectivity index (χ0v) is 10.1. The number of hydrogen-bond donors (Lipinski definition) is 1. The zero-order chi connectivity index (χ0) is 12.5. The number of aromatic nitrogens is 2. The Hall–Kier alpha value is -2.42. The fraction of sp³-hybridized carbons (Fsp3) is 0.0667. The van der Waals surface area contributed by atoms with Crippen LogP contribution in [0.5, 0.6) is 0 Å². The van der Waals surface area contributed by atoms with Crippen LogP contribution in [0.1, 0.15) is 5.82 Å². The minimum absolute atomic E-state index is 0.505. The molecule has 0 radical (unpaired) electrons. The van der Waals surface area contributed by atoms with Gasteiger partial charge in [-0.2, -0.15) is 0 Å². The van der Waals surface area contributed by atoms with Gasteiger partial charge >= 0.3 is 0 Å². The van der Waals surface area contributed by atoms with Crippen LogP contribution in [-0.2, 0) is 0 Å². The molecule has 18 heavy (non-hydrogen) atoms. The molecule has 0 fully saturated rings. The maximum Gasteiger partial charge on any atom is 0.128 e. The van der Waals surface area contributed by atoms with Crippen LogP contribution in [0.2, 0.25) is 0 Å². The molecule has 0 aliphatic heterocycles. The number of aryl methyl sites for hydroxylation is 1. The predicted molar refractivity (Wildman–Crippen MR) is 74.1 cm³/mol. The molecule has 88 valence electrons. The monoisotopic (exact) mass is 235 g/mol. The molecule has 3 aromatic rings. The van der Waals surface area contributed by atoms with Gasteiger partial charge in [-0.05, 0) is 23.8 Å². The Kier molecular flexibility index (Phi) is 2.45. The van der Waals surface area contributed by atoms with Crippen molar-refractivity contribution in [1.29, 1.82) is 0 Å². The van der Waals surface area contributed by atoms with Gasteiger partial charge in [-0.25, -0.2) is 9.97 Å². The maximum absolute atomic E-state index is 5.76. The fourth-order valence-corrected chi connectivity index (χ4v) is 2.09. The smallest absolute Gasteiger partial charge is 0.128 e. The molecule has 0 unspecified atom stereocenters. The van der Waals surface area contributed by atoms with Crippen molar-refractivity contribution in [3.63, 3.8) is 0 Å². The van der Waals surface area contributed by atoms with E-state index in [0.29, 0.717) is 11.6 Å². The molecule has 0 aliphatic rings. The van der Waals surface area contributed by atoms with Gasteiger partial charge in [0.15, 0.2) is 0 Å². The Labute approximate surface area is 105 Å². The SMILES string of the molecule is Cc1nc(N)cc(-c2ccc3ccccc3c2)n1. The van der Waals surface area contributed by atoms with Crippen molar-refractivity contribution < 1.29 is 0 Å². The lowest BCUT2D eigenvalue weighted by atomic mass is 10.0. The Morgan fingerprint density at radius 3 is 2.44 bits per heavy atom. The van der Waals surface area contributed by atoms with E-state index in [1.54, 1.807) is 6.07 Å². The summed E-state index contributed by atoms with van der Waals surface area (Å²) in [5.74, 6) is 1.20. The largest absolute Gasteiger partial charge is 0.384 e. The number of nitrogens with two attached hydrogens (primary N) is 1. The van der Waals surface area contributed by atoms with Crippen molar-refractivity contribution in [3.05, 3.63) is 54.4 Å². The second-order valence-electron chi connectivity index (χ2n) is 4.29. The number of nitrogens with zero attached hydrogens (tertiary/aromatic N) is 2. The zero-order valence-electron chi connectivity index (χ0n) is 10.1. The maximum atomic E-state index is 5.76. The summed E-state index contributed by atoms with van der Waals surface area (Å²) >= 11 is 0. The van der Waals surface area contributed by atoms with Crippen molar-refractivity contribution in [2.75, 3.05) is 5.73 Å². The highest BCUT2D eigenvalue weighted by molar-refractivity contribution is 5.86. The van der Waals surface area contributed by atoms with Gasteiger partial charge in [0.2, 0.25) is 0 Å². The molecule has 0 spiro atoms. The first-order valence-electron chi connectivity index (χ1n) is 5.83. The molecule has 0 aliphatic carbocycles. The summed E-state index contributed by atoms with van der Waals surface area (Å²) in [6, 6.07) is 16.3. The normalized spacial score (nSPS) is 10.7. The molecular weight excluding hydrogens is 222 g/mol. The third-order valence-electron chi connectivity index (χ3n) is 2.90. The standard InChI is InChI=1S/C15H13N3/c1-10-17-14(9-15(16)18-10)13-7-6-11-4-2-3-5-12(11)8-13/h2-9H,1H3,(H2,16,17,18). The minimum Gasteiger partial charge on any atom is -0.384 e. The third kappa shape index (κ3) is 1.91. The summed E-state index contributed by atoms with van der Waals surface area (Å²) in [6.07, 6.45) is 0. The number of rotatable bonds is 1. The van der Waals surface area contributed by atoms with E-state index in [-0.39, 0.29) is 0 Å². The number of hydrogen-bond acceptors (Lipinski definition) is 3. The first-order valence-corrected chi connectivity index (χ1v) is 5.83. The van der Waals surface area contributed by atoms with Crippen LogP contribution in [0, 0.1) is 6.92 Å². The van der Waals surface area contributed by atoms with E-state index in [1.165, 1.54) is 10.8 Å². The molecule has 2 N–H and O–H groups in total. The second kappa shape index (κ2) is 4.11. The molecule has 0 atom stereocenters. The van der Waals surface area contributed by atoms with Crippen LogP contribution in [0.25, 0.3) is 22.0 Å². The van der Waals surface area contributed by atoms with Crippen molar-refractivity contribution in [2.45, 2.75) is 6.92 Å². The van der Waals surface area contributed by atoms with Crippen molar-refractivity contribution in [1.82, 2.24) is 9.97 Å². The molecule has 0 saturated heterocycles. The molecular formula is C15H13N3. The van der Waals surface area contributed by atoms with Crippen LogP contribution in [0.15, 0.2) is 48.5 Å². The van der Waals surface area contributed by atoms with Gasteiger partial charge in [-0.3, -0.25) is 0 Å². The van der Waals surface area contributed by atoms with Crippen LogP contribution in [-0.4, -0.2) is 9.97 Å². The summed E-state index contributed by atoms with van der Waals surface area (Å²) in [6.45, 7) is 1.85. The van der Waals surface area contributed by atoms with Crippen LogP contribution in [0.4, 0.5) is 5.82 Å². The number of benzene rings is 2. The lowest BCUT2D eigenvalue weighted by Crippen LogP contribution is -1.97. The molecule has 3 rings (SSSR count). The van der Waals surface area contributed by atoms with E-state index in [2.05, 4.69) is 40.3 Å². The molecule has 2 aromatic carbocycles. The van der Waals surface area contributed by atoms with E-state index in [4.69, 9.17) is 5.73 Å². The van der Waals surface area contributed by atoms with Crippen molar-refractivity contribution in [2.24, 2.45) is 0 Å². The Balaban J connectivity index is 2.19. The van der Waals surface area contributed by atoms with Gasteiger partial charge in [0, 0.05) is 11.6 Å². The van der Waals surface area contributed by atoms with Gasteiger partial charge in [-0.15, -0.1) is 0 Å². The van der Waals surface area contributed by atoms with Crippen molar-refractivity contribution in [3.8, 4) is 11.3 Å². The molecule has 0 amide bonds. The van der Waals surface area contributed by atoms with Gasteiger partial charge in [-0.1, -0.05) is 36.4 Å². The number of anilines is 1. The highest BCUT2D eigenvalue weighted by atomic mass is 14.9. The lowest BCUT2D eigenvalue weighted by Gasteiger charge is -2.05. The predicted octanol–water partition coefficient (Wildman–Crippen LogP) is 3.19. The van der Waals surface area contributed by atoms with E-state index < -0.39 is 0 Å². The summed E-state index contributed by atoms with van der Waals surface area (Å²) in [5.41, 5.74) is 7.69. The van der Waals surface area contributed by atoms with E-state index in [1.807, 2.05) is 19.1 Å². The molecule has 0 bridgehead atoms. The average molecular weight is 235 g/mol. The Morgan fingerprint density at radius 1 is 0.889 bits per heavy atom. The molecule has 3 heteroatoms. The van der Waals surface area contributed by atoms with Gasteiger partial charge in [0.05, 0.1) is 5.69 Å². The molecule has 1 aromatic heterocycles. The van der Waals surface area contributed by atoms with E-state index >= 15 is 0 Å². The number of fused-ring (bicyclic) bond motifs is 1. The highest BCUT2D eigenvalue weighted by Crippen LogP contribution is 2.23. The second-order valence-corrected chi connectivity index (χ2v) is 4.29. The van der Waals surface area contributed by atoms with Crippen LogP contribution in [0.3, 0.4) is 0 Å². The lowest BCUT2D eigenvalue weighted by molar-refractivity contribution is 1.07. The van der Waals surface area contributed by atoms with Crippen LogP contribution < -0.4 is 5.73 Å². The minimum atomic E-state index is 0.505. The number of nitrogen functional groups attached to an aromatic ring is 1. The summed E-state index contributed by atoms with van der Waals surface area (Å²) < 4.78 is 0. The van der Waals surface area contributed by atoms with Gasteiger partial charge < -0.3 is 5.73 Å². The van der Waals surface area contributed by atoms with Gasteiger partial charge in [0.25, 0.3) is 0 Å². The van der Waals surface area contributed by atoms with Crippen LogP contribution >= 0.6 is 0 Å². The summed E-state index contributed by atoms with van der Waals surface area (Å²) in [7, 11) is 0. The Bertz CT molecular complexity index is 700. The first-order chi connectivity index (χ1) is 8.72. The average Bonchev–Trinajstić information content (AvgIpc) is 2.37. The third-order valence-corrected chi connectivity index (χ3v) is 2.90. The van der Waals surface area contributed by atoms with Gasteiger partial charge in [0.1, 0.15) is 11.6 Å². The molecule has 0 saturated carbocycles. The van der Waals surface area contributed by atoms with Crippen molar-refractivity contribution >= 4 is 16.6 Å². The summed E-state index contributed by atoms with van der Waals surface area (Å²) in [4.78, 5) is 8.51. The fourth-order valence-electron chi connectivity index (χ4n) is 2.09. The first kappa shape index (κ1) is 10.7. The topological polar surface area (TPSA) is 51.8 Å².